The van der Waals surface area contributed by atoms with E-state index in [0.717, 1.165) is 11.4 Å². The van der Waals surface area contributed by atoms with Crippen molar-refractivity contribution < 1.29 is 0 Å². The lowest BCUT2D eigenvalue weighted by Crippen LogP contribution is -2.17. The van der Waals surface area contributed by atoms with Crippen molar-refractivity contribution in [2.24, 2.45) is 5.92 Å². The zero-order valence-electron chi connectivity index (χ0n) is 8.59. The van der Waals surface area contributed by atoms with Gasteiger partial charge in [0.1, 0.15) is 0 Å². The van der Waals surface area contributed by atoms with E-state index in [-0.39, 0.29) is 0 Å². The molecule has 1 heteroatoms. The van der Waals surface area contributed by atoms with Crippen LogP contribution in [-0.2, 0) is 0 Å². The van der Waals surface area contributed by atoms with Crippen molar-refractivity contribution in [1.82, 2.24) is 4.90 Å². The maximum absolute atomic E-state index is 3.99. The molecular formula is C11H19N. The molecule has 0 aromatic rings. The molecule has 0 saturated carbocycles. The van der Waals surface area contributed by atoms with E-state index in [4.69, 9.17) is 0 Å². The molecule has 68 valence electrons. The van der Waals surface area contributed by atoms with Crippen molar-refractivity contribution >= 4 is 0 Å². The van der Waals surface area contributed by atoms with E-state index in [0.29, 0.717) is 5.92 Å². The van der Waals surface area contributed by atoms with Crippen LogP contribution in [0.1, 0.15) is 20.8 Å². The van der Waals surface area contributed by atoms with Crippen LogP contribution in [0.25, 0.3) is 0 Å². The van der Waals surface area contributed by atoms with Crippen molar-refractivity contribution in [2.75, 3.05) is 7.05 Å². The maximum atomic E-state index is 3.99. The van der Waals surface area contributed by atoms with Crippen molar-refractivity contribution in [3.63, 3.8) is 0 Å². The maximum Gasteiger partial charge on any atom is 0.0329 e. The molecule has 0 bridgehead atoms. The van der Waals surface area contributed by atoms with Gasteiger partial charge >= 0.3 is 0 Å². The van der Waals surface area contributed by atoms with Gasteiger partial charge in [-0.25, -0.2) is 0 Å². The van der Waals surface area contributed by atoms with Crippen LogP contribution < -0.4 is 0 Å². The van der Waals surface area contributed by atoms with Crippen molar-refractivity contribution in [1.29, 1.82) is 0 Å². The van der Waals surface area contributed by atoms with Crippen LogP contribution in [0.3, 0.4) is 0 Å². The highest BCUT2D eigenvalue weighted by atomic mass is 15.1. The largest absolute Gasteiger partial charge is 0.349 e. The van der Waals surface area contributed by atoms with E-state index in [1.807, 2.05) is 31.0 Å². The predicted molar refractivity (Wildman–Crippen MR) is 55.7 cm³/mol. The monoisotopic (exact) mass is 165 g/mol. The summed E-state index contributed by atoms with van der Waals surface area (Å²) in [6.07, 6.45) is 3.96. The van der Waals surface area contributed by atoms with Crippen molar-refractivity contribution in [2.45, 2.75) is 20.8 Å². The molecule has 0 N–H and O–H groups in total. The summed E-state index contributed by atoms with van der Waals surface area (Å²) in [4.78, 5) is 2.02. The molecule has 0 aliphatic heterocycles. The highest BCUT2D eigenvalue weighted by Crippen LogP contribution is 2.15. The zero-order chi connectivity index (χ0) is 9.72. The molecule has 0 saturated heterocycles. The average Bonchev–Trinajstić information content (AvgIpc) is 2.02. The van der Waals surface area contributed by atoms with E-state index >= 15 is 0 Å². The molecule has 0 spiro atoms. The minimum absolute atomic E-state index is 0.469. The van der Waals surface area contributed by atoms with Crippen molar-refractivity contribution in [3.05, 3.63) is 36.7 Å². The lowest BCUT2D eigenvalue weighted by molar-refractivity contribution is 0.470. The third-order valence-corrected chi connectivity index (χ3v) is 1.89. The minimum Gasteiger partial charge on any atom is -0.349 e. The fourth-order valence-electron chi connectivity index (χ4n) is 0.876. The summed E-state index contributed by atoms with van der Waals surface area (Å²) in [6, 6.07) is 0. The standard InChI is InChI=1S/C11H19N/c1-7-8-10(4)12(6)11(5)9(2)3/h7-9H,4-5H2,1-3,6H3/b8-7-. The summed E-state index contributed by atoms with van der Waals surface area (Å²) in [7, 11) is 1.99. The second-order valence-corrected chi connectivity index (χ2v) is 3.20. The number of hydrogen-bond donors (Lipinski definition) is 0. The van der Waals surface area contributed by atoms with Crippen LogP contribution >= 0.6 is 0 Å². The van der Waals surface area contributed by atoms with Gasteiger partial charge in [-0.3, -0.25) is 0 Å². The molecule has 0 atom stereocenters. The molecule has 0 rings (SSSR count). The number of allylic oxidation sites excluding steroid dienone is 3. The van der Waals surface area contributed by atoms with Gasteiger partial charge in [0.2, 0.25) is 0 Å². The molecule has 0 aliphatic rings. The minimum atomic E-state index is 0.469. The Morgan fingerprint density at radius 1 is 1.33 bits per heavy atom. The first-order chi connectivity index (χ1) is 5.50. The van der Waals surface area contributed by atoms with Gasteiger partial charge in [-0.15, -0.1) is 0 Å². The summed E-state index contributed by atoms with van der Waals surface area (Å²) >= 11 is 0. The second-order valence-electron chi connectivity index (χ2n) is 3.20. The fraction of sp³-hybridized carbons (Fsp3) is 0.455. The molecule has 12 heavy (non-hydrogen) atoms. The molecule has 0 amide bonds. The van der Waals surface area contributed by atoms with E-state index in [1.54, 1.807) is 0 Å². The smallest absolute Gasteiger partial charge is 0.0329 e. The van der Waals surface area contributed by atoms with Gasteiger partial charge < -0.3 is 4.90 Å². The van der Waals surface area contributed by atoms with E-state index in [1.165, 1.54) is 0 Å². The topological polar surface area (TPSA) is 3.24 Å². The molecule has 0 aromatic carbocycles. The Hall–Kier alpha value is -0.980. The molecule has 0 unspecified atom stereocenters. The van der Waals surface area contributed by atoms with Crippen LogP contribution in [0.4, 0.5) is 0 Å². The molecular weight excluding hydrogens is 146 g/mol. The van der Waals surface area contributed by atoms with Gasteiger partial charge in [0.05, 0.1) is 0 Å². The quantitative estimate of drug-likeness (QED) is 0.578. The Labute approximate surface area is 76.1 Å². The first-order valence-corrected chi connectivity index (χ1v) is 4.24. The first-order valence-electron chi connectivity index (χ1n) is 4.24. The zero-order valence-corrected chi connectivity index (χ0v) is 8.59. The van der Waals surface area contributed by atoms with Crippen LogP contribution in [0.15, 0.2) is 36.7 Å². The molecule has 0 aromatic heterocycles. The Morgan fingerprint density at radius 3 is 2.17 bits per heavy atom. The average molecular weight is 165 g/mol. The highest BCUT2D eigenvalue weighted by Gasteiger charge is 2.06. The van der Waals surface area contributed by atoms with Gasteiger partial charge in [-0.05, 0) is 18.9 Å². The van der Waals surface area contributed by atoms with Gasteiger partial charge in [0.25, 0.3) is 0 Å². The normalized spacial score (nSPS) is 10.8. The van der Waals surface area contributed by atoms with Crippen LogP contribution in [0.2, 0.25) is 0 Å². The van der Waals surface area contributed by atoms with Gasteiger partial charge in [-0.2, -0.15) is 0 Å². The molecule has 0 heterocycles. The van der Waals surface area contributed by atoms with Gasteiger partial charge in [0.15, 0.2) is 0 Å². The summed E-state index contributed by atoms with van der Waals surface area (Å²) in [5.74, 6) is 0.469. The van der Waals surface area contributed by atoms with Gasteiger partial charge in [0, 0.05) is 18.4 Å². The summed E-state index contributed by atoms with van der Waals surface area (Å²) in [5.41, 5.74) is 2.08. The second kappa shape index (κ2) is 4.81. The van der Waals surface area contributed by atoms with E-state index < -0.39 is 0 Å². The predicted octanol–water partition coefficient (Wildman–Crippen LogP) is 3.18. The number of rotatable bonds is 4. The Kier molecular flexibility index (Phi) is 4.42. The number of hydrogen-bond acceptors (Lipinski definition) is 1. The van der Waals surface area contributed by atoms with Crippen LogP contribution in [0, 0.1) is 5.92 Å². The molecule has 1 nitrogen and oxygen atoms in total. The molecule has 0 aliphatic carbocycles. The molecule has 0 fully saturated rings. The van der Waals surface area contributed by atoms with Crippen molar-refractivity contribution in [3.8, 4) is 0 Å². The molecule has 0 radical (unpaired) electrons. The van der Waals surface area contributed by atoms with Crippen LogP contribution in [0.5, 0.6) is 0 Å². The Balaban J connectivity index is 4.29. The SMILES string of the molecule is C=C(/C=C\C)N(C)C(=C)C(C)C. The van der Waals surface area contributed by atoms with Crippen LogP contribution in [-0.4, -0.2) is 11.9 Å². The summed E-state index contributed by atoms with van der Waals surface area (Å²) in [6.45, 7) is 14.2. The van der Waals surface area contributed by atoms with E-state index in [9.17, 15) is 0 Å². The lowest BCUT2D eigenvalue weighted by Gasteiger charge is -2.24. The summed E-state index contributed by atoms with van der Waals surface area (Å²) < 4.78 is 0. The lowest BCUT2D eigenvalue weighted by atomic mass is 10.1. The van der Waals surface area contributed by atoms with E-state index in [2.05, 4.69) is 27.0 Å². The Bertz CT molecular complexity index is 199. The Morgan fingerprint density at radius 2 is 1.83 bits per heavy atom. The fourth-order valence-corrected chi connectivity index (χ4v) is 0.876. The number of nitrogens with zero attached hydrogens (tertiary/aromatic N) is 1. The first kappa shape index (κ1) is 11.0. The third kappa shape index (κ3) is 2.95. The summed E-state index contributed by atoms with van der Waals surface area (Å²) in [5, 5.41) is 0. The van der Waals surface area contributed by atoms with Gasteiger partial charge in [-0.1, -0.05) is 33.1 Å². The third-order valence-electron chi connectivity index (χ3n) is 1.89. The highest BCUT2D eigenvalue weighted by molar-refractivity contribution is 5.18. The number of likely N-dealkylation sites (N-methyl/N-ethyl adjacent to an activating group) is 1.